The van der Waals surface area contributed by atoms with E-state index in [4.69, 9.17) is 0 Å². The monoisotopic (exact) mass is 236 g/mol. The van der Waals surface area contributed by atoms with Gasteiger partial charge >= 0.3 is 0 Å². The number of hydrogen-bond donors (Lipinski definition) is 0. The fourth-order valence-corrected chi connectivity index (χ4v) is 2.87. The molecule has 1 aliphatic rings. The molecule has 0 bridgehead atoms. The van der Waals surface area contributed by atoms with Gasteiger partial charge in [-0.05, 0) is 23.5 Å². The van der Waals surface area contributed by atoms with E-state index in [1.54, 1.807) is 0 Å². The van der Waals surface area contributed by atoms with Gasteiger partial charge in [-0.3, -0.25) is 4.79 Å². The Morgan fingerprint density at radius 1 is 0.778 bits per heavy atom. The summed E-state index contributed by atoms with van der Waals surface area (Å²) in [6, 6.07) is 20.5. The molecule has 2 aromatic rings. The van der Waals surface area contributed by atoms with Crippen LogP contribution in [0.1, 0.15) is 35.8 Å². The quantitative estimate of drug-likeness (QED) is 0.772. The molecule has 2 aromatic carbocycles. The fraction of sp³-hybridized carbons (Fsp3) is 0.235. The van der Waals surface area contributed by atoms with E-state index in [0.29, 0.717) is 18.1 Å². The molecule has 1 aliphatic carbocycles. The smallest absolute Gasteiger partial charge is 0.140 e. The lowest BCUT2D eigenvalue weighted by molar-refractivity contribution is -0.118. The molecular weight excluding hydrogens is 220 g/mol. The van der Waals surface area contributed by atoms with Gasteiger partial charge < -0.3 is 0 Å². The Morgan fingerprint density at radius 2 is 1.33 bits per heavy atom. The molecule has 1 heteroatoms. The average molecular weight is 236 g/mol. The van der Waals surface area contributed by atoms with Gasteiger partial charge in [-0.15, -0.1) is 0 Å². The van der Waals surface area contributed by atoms with Gasteiger partial charge in [0, 0.05) is 12.3 Å². The second-order valence-electron chi connectivity index (χ2n) is 4.98. The minimum absolute atomic E-state index is 0.0939. The van der Waals surface area contributed by atoms with E-state index in [9.17, 15) is 4.79 Å². The first-order chi connectivity index (χ1) is 8.84. The number of hydrogen-bond acceptors (Lipinski definition) is 1. The van der Waals surface area contributed by atoms with Crippen molar-refractivity contribution in [2.24, 2.45) is 0 Å². The Hall–Kier alpha value is -1.89. The molecule has 1 saturated carbocycles. The van der Waals surface area contributed by atoms with Crippen LogP contribution in [-0.2, 0) is 4.79 Å². The Labute approximate surface area is 107 Å². The zero-order valence-corrected chi connectivity index (χ0v) is 10.3. The molecular formula is C17H16O. The molecule has 0 aromatic heterocycles. The van der Waals surface area contributed by atoms with Crippen LogP contribution in [0.5, 0.6) is 0 Å². The van der Waals surface area contributed by atoms with Crippen molar-refractivity contribution < 1.29 is 4.79 Å². The standard InChI is InChI=1S/C17H16O/c18-17-12-15(13-7-3-1-4-8-13)11-16(17)14-9-5-2-6-10-14/h1-10,15-16H,11-12H2/t15-,16-/m0/s1. The summed E-state index contributed by atoms with van der Waals surface area (Å²) in [7, 11) is 0. The van der Waals surface area contributed by atoms with Crippen molar-refractivity contribution in [2.45, 2.75) is 24.7 Å². The molecule has 0 N–H and O–H groups in total. The van der Waals surface area contributed by atoms with Gasteiger partial charge in [-0.1, -0.05) is 60.7 Å². The Balaban J connectivity index is 1.83. The van der Waals surface area contributed by atoms with Gasteiger partial charge in [0.15, 0.2) is 0 Å². The van der Waals surface area contributed by atoms with E-state index in [-0.39, 0.29) is 5.92 Å². The third-order valence-electron chi connectivity index (χ3n) is 3.83. The maximum atomic E-state index is 12.2. The second kappa shape index (κ2) is 4.77. The van der Waals surface area contributed by atoms with Crippen molar-refractivity contribution in [1.82, 2.24) is 0 Å². The van der Waals surface area contributed by atoms with E-state index in [1.807, 2.05) is 24.3 Å². The first kappa shape index (κ1) is 11.2. The van der Waals surface area contributed by atoms with Gasteiger partial charge in [0.2, 0.25) is 0 Å². The van der Waals surface area contributed by atoms with Crippen LogP contribution in [0.15, 0.2) is 60.7 Å². The highest BCUT2D eigenvalue weighted by atomic mass is 16.1. The number of carbonyl (C=O) groups excluding carboxylic acids is 1. The number of ketones is 1. The van der Waals surface area contributed by atoms with Crippen molar-refractivity contribution in [3.05, 3.63) is 71.8 Å². The highest BCUT2D eigenvalue weighted by Gasteiger charge is 2.33. The normalized spacial score (nSPS) is 23.2. The van der Waals surface area contributed by atoms with Gasteiger partial charge in [0.05, 0.1) is 0 Å². The van der Waals surface area contributed by atoms with Crippen LogP contribution in [0.4, 0.5) is 0 Å². The number of carbonyl (C=O) groups is 1. The molecule has 0 amide bonds. The molecule has 1 nitrogen and oxygen atoms in total. The molecule has 0 heterocycles. The summed E-state index contributed by atoms with van der Waals surface area (Å²) in [6.07, 6.45) is 1.64. The highest BCUT2D eigenvalue weighted by molar-refractivity contribution is 5.88. The first-order valence-corrected chi connectivity index (χ1v) is 6.47. The van der Waals surface area contributed by atoms with Crippen molar-refractivity contribution in [1.29, 1.82) is 0 Å². The van der Waals surface area contributed by atoms with Gasteiger partial charge in [0.1, 0.15) is 5.78 Å². The molecule has 0 spiro atoms. The van der Waals surface area contributed by atoms with Crippen LogP contribution >= 0.6 is 0 Å². The molecule has 18 heavy (non-hydrogen) atoms. The Morgan fingerprint density at radius 3 is 1.94 bits per heavy atom. The highest BCUT2D eigenvalue weighted by Crippen LogP contribution is 2.40. The molecule has 0 aliphatic heterocycles. The van der Waals surface area contributed by atoms with Crippen LogP contribution < -0.4 is 0 Å². The lowest BCUT2D eigenvalue weighted by atomic mass is 9.93. The van der Waals surface area contributed by atoms with E-state index < -0.39 is 0 Å². The maximum absolute atomic E-state index is 12.2. The fourth-order valence-electron chi connectivity index (χ4n) is 2.87. The zero-order valence-electron chi connectivity index (χ0n) is 10.3. The summed E-state index contributed by atoms with van der Waals surface area (Å²) in [4.78, 5) is 12.2. The molecule has 90 valence electrons. The van der Waals surface area contributed by atoms with E-state index in [1.165, 1.54) is 11.1 Å². The van der Waals surface area contributed by atoms with E-state index in [0.717, 1.165) is 6.42 Å². The summed E-state index contributed by atoms with van der Waals surface area (Å²) >= 11 is 0. The van der Waals surface area contributed by atoms with Crippen molar-refractivity contribution in [3.8, 4) is 0 Å². The van der Waals surface area contributed by atoms with Gasteiger partial charge in [0.25, 0.3) is 0 Å². The molecule has 1 fully saturated rings. The first-order valence-electron chi connectivity index (χ1n) is 6.47. The van der Waals surface area contributed by atoms with Gasteiger partial charge in [-0.25, -0.2) is 0 Å². The number of rotatable bonds is 2. The Bertz CT molecular complexity index is 530. The van der Waals surface area contributed by atoms with E-state index >= 15 is 0 Å². The van der Waals surface area contributed by atoms with Crippen LogP contribution in [-0.4, -0.2) is 5.78 Å². The predicted molar refractivity (Wildman–Crippen MR) is 72.6 cm³/mol. The summed E-state index contributed by atoms with van der Waals surface area (Å²) in [5, 5.41) is 0. The largest absolute Gasteiger partial charge is 0.299 e. The molecule has 0 radical (unpaired) electrons. The number of benzene rings is 2. The lowest BCUT2D eigenvalue weighted by Gasteiger charge is -2.10. The van der Waals surface area contributed by atoms with Crippen LogP contribution in [0.25, 0.3) is 0 Å². The Kier molecular flexibility index (Phi) is 2.97. The molecule has 3 rings (SSSR count). The average Bonchev–Trinajstić information content (AvgIpc) is 2.83. The summed E-state index contributed by atoms with van der Waals surface area (Å²) in [6.45, 7) is 0. The van der Waals surface area contributed by atoms with Gasteiger partial charge in [-0.2, -0.15) is 0 Å². The topological polar surface area (TPSA) is 17.1 Å². The zero-order chi connectivity index (χ0) is 12.4. The van der Waals surface area contributed by atoms with Crippen molar-refractivity contribution in [2.75, 3.05) is 0 Å². The molecule has 0 unspecified atom stereocenters. The third kappa shape index (κ3) is 2.08. The lowest BCUT2D eigenvalue weighted by Crippen LogP contribution is -2.03. The summed E-state index contributed by atoms with van der Waals surface area (Å²) < 4.78 is 0. The third-order valence-corrected chi connectivity index (χ3v) is 3.83. The van der Waals surface area contributed by atoms with E-state index in [2.05, 4.69) is 36.4 Å². The minimum atomic E-state index is 0.0939. The predicted octanol–water partition coefficient (Wildman–Crippen LogP) is 3.92. The van der Waals surface area contributed by atoms with Crippen LogP contribution in [0.2, 0.25) is 0 Å². The SMILES string of the molecule is O=C1C[C@@H](c2ccccc2)C[C@H]1c1ccccc1. The second-order valence-corrected chi connectivity index (χ2v) is 4.98. The van der Waals surface area contributed by atoms with Crippen molar-refractivity contribution in [3.63, 3.8) is 0 Å². The van der Waals surface area contributed by atoms with Crippen molar-refractivity contribution >= 4 is 5.78 Å². The number of Topliss-reactive ketones (excluding diaryl/α,β-unsaturated/α-hetero) is 1. The summed E-state index contributed by atoms with van der Waals surface area (Å²) in [5.41, 5.74) is 2.46. The van der Waals surface area contributed by atoms with Crippen LogP contribution in [0.3, 0.4) is 0 Å². The molecule has 0 saturated heterocycles. The summed E-state index contributed by atoms with van der Waals surface area (Å²) in [5.74, 6) is 0.871. The van der Waals surface area contributed by atoms with Crippen LogP contribution in [0, 0.1) is 0 Å². The maximum Gasteiger partial charge on any atom is 0.140 e. The minimum Gasteiger partial charge on any atom is -0.299 e. The molecule has 2 atom stereocenters.